The second kappa shape index (κ2) is 24.9. The quantitative estimate of drug-likeness (QED) is 0.0345. The standard InChI is InChI=1S/C31H52N6O13P2S/c38-26(35-51)8-12-45-14-16-47-18-19-48-17-15-46-13-11-37-21-23(34-36-37)3-1-2-10-32-31(53)33-22-4-6-24(7-5-22)49-30-29(41)28(40)27(39)25(50-30)9-20-52(42,43)44/h4-7,21,25,27-30,39-41H,1-3,8-20,51H2,(H,35,38)(H2,32,33,53)(H2,42,43,44)/t25-,27-,28+,29+,30+/m1/s1. The smallest absolute Gasteiger partial charge is 0.325 e. The summed E-state index contributed by atoms with van der Waals surface area (Å²) in [6, 6.07) is 6.56. The molecule has 0 bridgehead atoms. The van der Waals surface area contributed by atoms with E-state index in [1.54, 1.807) is 28.9 Å². The van der Waals surface area contributed by atoms with Crippen LogP contribution in [0.1, 0.15) is 31.4 Å². The first-order valence-electron chi connectivity index (χ1n) is 17.2. The molecule has 1 unspecified atom stereocenters. The minimum absolute atomic E-state index is 0.0902. The number of nitrogens with one attached hydrogen (secondary N) is 3. The highest BCUT2D eigenvalue weighted by Crippen LogP contribution is 2.37. The number of hydrogen-bond donors (Lipinski definition) is 8. The number of carbonyl (C=O) groups excluding carboxylic acids is 1. The van der Waals surface area contributed by atoms with Crippen LogP contribution in [0.4, 0.5) is 5.69 Å². The van der Waals surface area contributed by atoms with E-state index < -0.39 is 44.5 Å². The molecule has 0 radical (unpaired) electrons. The maximum atomic E-state index is 11.2. The highest BCUT2D eigenvalue weighted by molar-refractivity contribution is 7.80. The number of hydrogen-bond acceptors (Lipinski definition) is 14. The van der Waals surface area contributed by atoms with Gasteiger partial charge in [-0.2, -0.15) is 0 Å². The summed E-state index contributed by atoms with van der Waals surface area (Å²) in [6.45, 7) is 4.74. The number of carbonyl (C=O) groups is 1. The summed E-state index contributed by atoms with van der Waals surface area (Å²) in [5.74, 6) is 0.201. The first-order valence-corrected chi connectivity index (χ1v) is 20.0. The van der Waals surface area contributed by atoms with Crippen LogP contribution in [-0.2, 0) is 46.0 Å². The summed E-state index contributed by atoms with van der Waals surface area (Å²) < 4.78 is 45.9. The van der Waals surface area contributed by atoms with Crippen molar-refractivity contribution in [3.63, 3.8) is 0 Å². The van der Waals surface area contributed by atoms with Crippen molar-refractivity contribution in [2.45, 2.75) is 69.4 Å². The molecule has 2 heterocycles. The summed E-state index contributed by atoms with van der Waals surface area (Å²) in [6.07, 6.45) is -3.33. The van der Waals surface area contributed by atoms with Crippen LogP contribution >= 0.6 is 29.2 Å². The van der Waals surface area contributed by atoms with Crippen molar-refractivity contribution in [1.82, 2.24) is 25.4 Å². The maximum Gasteiger partial charge on any atom is 0.325 e. The third kappa shape index (κ3) is 18.6. The van der Waals surface area contributed by atoms with E-state index in [4.69, 9.17) is 50.4 Å². The van der Waals surface area contributed by atoms with E-state index in [-0.39, 0.29) is 12.3 Å². The Morgan fingerprint density at radius 1 is 0.925 bits per heavy atom. The van der Waals surface area contributed by atoms with Gasteiger partial charge in [0.15, 0.2) is 5.11 Å². The van der Waals surface area contributed by atoms with Crippen LogP contribution < -0.4 is 20.5 Å². The number of aliphatic hydroxyl groups is 3. The molecular weight excluding hydrogens is 758 g/mol. The molecule has 0 aliphatic carbocycles. The lowest BCUT2D eigenvalue weighted by molar-refractivity contribution is -0.272. The van der Waals surface area contributed by atoms with Crippen LogP contribution in [0.15, 0.2) is 30.5 Å². The number of ether oxygens (including phenoxy) is 6. The minimum atomic E-state index is -4.35. The highest BCUT2D eigenvalue weighted by atomic mass is 32.1. The van der Waals surface area contributed by atoms with Gasteiger partial charge in [0.25, 0.3) is 0 Å². The highest BCUT2D eigenvalue weighted by Gasteiger charge is 2.45. The average molecular weight is 811 g/mol. The topological polar surface area (TPSA) is 257 Å². The molecule has 22 heteroatoms. The van der Waals surface area contributed by atoms with E-state index in [1.807, 2.05) is 6.20 Å². The van der Waals surface area contributed by atoms with Gasteiger partial charge in [0.2, 0.25) is 12.2 Å². The van der Waals surface area contributed by atoms with Gasteiger partial charge in [-0.05, 0) is 71.6 Å². The molecule has 3 rings (SSSR count). The molecule has 6 atom stereocenters. The fourth-order valence-electron chi connectivity index (χ4n) is 4.83. The number of unbranched alkanes of at least 4 members (excludes halogenated alkanes) is 1. The van der Waals surface area contributed by atoms with Gasteiger partial charge in [-0.3, -0.25) is 9.36 Å². The molecule has 8 N–H and O–H groups in total. The van der Waals surface area contributed by atoms with Crippen LogP contribution in [0.5, 0.6) is 5.75 Å². The molecule has 300 valence electrons. The first-order chi connectivity index (χ1) is 25.4. The van der Waals surface area contributed by atoms with Crippen molar-refractivity contribution in [2.75, 3.05) is 70.9 Å². The van der Waals surface area contributed by atoms with Crippen molar-refractivity contribution in [1.29, 1.82) is 0 Å². The Balaban J connectivity index is 1.19. The molecule has 19 nitrogen and oxygen atoms in total. The molecule has 1 aliphatic heterocycles. The molecule has 1 saturated heterocycles. The van der Waals surface area contributed by atoms with Gasteiger partial charge in [0.1, 0.15) is 24.1 Å². The Morgan fingerprint density at radius 2 is 1.57 bits per heavy atom. The van der Waals surface area contributed by atoms with Gasteiger partial charge in [-0.15, -0.1) is 5.10 Å². The number of amides is 1. The number of thiocarbonyl (C=S) groups is 1. The second-order valence-electron chi connectivity index (χ2n) is 11.9. The summed E-state index contributed by atoms with van der Waals surface area (Å²) >= 11 is 5.39. The zero-order valence-corrected chi connectivity index (χ0v) is 32.2. The molecule has 1 fully saturated rings. The monoisotopic (exact) mass is 810 g/mol. The fraction of sp³-hybridized carbons (Fsp3) is 0.677. The van der Waals surface area contributed by atoms with Gasteiger partial charge < -0.3 is 69.2 Å². The zero-order valence-electron chi connectivity index (χ0n) is 29.4. The molecule has 2 aromatic rings. The number of aromatic nitrogens is 3. The van der Waals surface area contributed by atoms with E-state index in [1.165, 1.54) is 0 Å². The normalized spacial score (nSPS) is 20.2. The van der Waals surface area contributed by atoms with Crippen molar-refractivity contribution in [3.8, 4) is 5.75 Å². The molecule has 0 spiro atoms. The Morgan fingerprint density at radius 3 is 2.21 bits per heavy atom. The van der Waals surface area contributed by atoms with E-state index in [2.05, 4.69) is 35.4 Å². The number of anilines is 1. The summed E-state index contributed by atoms with van der Waals surface area (Å²) in [4.78, 5) is 29.3. The van der Waals surface area contributed by atoms with Crippen LogP contribution in [0, 0.1) is 0 Å². The number of aryl methyl sites for hydroxylation is 1. The SMILES string of the molecule is O=C(CCOCCOCCOCCOCCn1cc(CCCCNC(=S)Nc2ccc(O[C@H]3O[C@H](CCP(=O)(O)O)[C@@H](O)[C@H](O)[C@@H]3O)cc2)nn1)NP. The lowest BCUT2D eigenvalue weighted by atomic mass is 9.97. The predicted molar refractivity (Wildman–Crippen MR) is 198 cm³/mol. The third-order valence-electron chi connectivity index (χ3n) is 7.68. The number of benzene rings is 1. The minimum Gasteiger partial charge on any atom is -0.462 e. The van der Waals surface area contributed by atoms with Gasteiger partial charge in [0.05, 0.1) is 83.8 Å². The molecular formula is C31H52N6O13P2S. The molecule has 1 amide bonds. The van der Waals surface area contributed by atoms with Crippen LogP contribution in [0.2, 0.25) is 0 Å². The van der Waals surface area contributed by atoms with Gasteiger partial charge in [-0.25, -0.2) is 4.68 Å². The Hall–Kier alpha value is -2.42. The van der Waals surface area contributed by atoms with Gasteiger partial charge in [-0.1, -0.05) is 5.21 Å². The third-order valence-corrected chi connectivity index (χ3v) is 9.09. The molecule has 1 aromatic carbocycles. The van der Waals surface area contributed by atoms with E-state index in [0.717, 1.165) is 25.0 Å². The van der Waals surface area contributed by atoms with Crippen molar-refractivity contribution < 1.29 is 62.9 Å². The maximum absolute atomic E-state index is 11.2. The fourth-order valence-corrected chi connectivity index (χ4v) is 5.78. The average Bonchev–Trinajstić information content (AvgIpc) is 3.59. The van der Waals surface area contributed by atoms with Crippen LogP contribution in [0.3, 0.4) is 0 Å². The second-order valence-corrected chi connectivity index (χ2v) is 14.4. The zero-order chi connectivity index (χ0) is 38.5. The van der Waals surface area contributed by atoms with Crippen LogP contribution in [0.25, 0.3) is 0 Å². The Kier molecular flexibility index (Phi) is 21.1. The van der Waals surface area contributed by atoms with E-state index in [9.17, 15) is 24.7 Å². The Labute approximate surface area is 315 Å². The predicted octanol–water partition coefficient (Wildman–Crippen LogP) is -0.296. The van der Waals surface area contributed by atoms with Crippen molar-refractivity contribution >= 4 is 45.9 Å². The first kappa shape index (κ1) is 45.0. The van der Waals surface area contributed by atoms with Crippen molar-refractivity contribution in [3.05, 3.63) is 36.2 Å². The lowest BCUT2D eigenvalue weighted by Gasteiger charge is -2.40. The Bertz CT molecular complexity index is 1390. The summed E-state index contributed by atoms with van der Waals surface area (Å²) in [5.41, 5.74) is 1.56. The molecule has 1 aromatic heterocycles. The van der Waals surface area contributed by atoms with Gasteiger partial charge in [0, 0.05) is 18.4 Å². The lowest BCUT2D eigenvalue weighted by Crippen LogP contribution is -2.59. The van der Waals surface area contributed by atoms with Crippen molar-refractivity contribution in [2.24, 2.45) is 0 Å². The number of aliphatic hydroxyl groups excluding tert-OH is 3. The molecule has 1 aliphatic rings. The molecule has 53 heavy (non-hydrogen) atoms. The summed E-state index contributed by atoms with van der Waals surface area (Å²) in [5, 5.41) is 48.1. The summed E-state index contributed by atoms with van der Waals surface area (Å²) in [7, 11) is -2.20. The van der Waals surface area contributed by atoms with E-state index >= 15 is 0 Å². The van der Waals surface area contributed by atoms with Crippen LogP contribution in [-0.4, -0.2) is 147 Å². The van der Waals surface area contributed by atoms with E-state index in [0.29, 0.717) is 88.9 Å². The number of rotatable bonds is 26. The molecule has 0 saturated carbocycles. The largest absolute Gasteiger partial charge is 0.462 e. The number of nitrogens with zero attached hydrogens (tertiary/aromatic N) is 3. The van der Waals surface area contributed by atoms with Gasteiger partial charge >= 0.3 is 7.60 Å².